The highest BCUT2D eigenvalue weighted by molar-refractivity contribution is 7.89. The molecule has 6 heteroatoms. The van der Waals surface area contributed by atoms with Crippen LogP contribution in [0.5, 0.6) is 0 Å². The lowest BCUT2D eigenvalue weighted by atomic mass is 9.95. The van der Waals surface area contributed by atoms with Crippen molar-refractivity contribution in [3.63, 3.8) is 0 Å². The molecule has 1 aliphatic rings. The fraction of sp³-hybridized carbons (Fsp3) is 0.333. The van der Waals surface area contributed by atoms with Crippen molar-refractivity contribution in [2.24, 2.45) is 0 Å². The number of benzene rings is 3. The van der Waals surface area contributed by atoms with Gasteiger partial charge in [-0.2, -0.15) is 4.31 Å². The van der Waals surface area contributed by atoms with Crippen LogP contribution >= 0.6 is 0 Å². The summed E-state index contributed by atoms with van der Waals surface area (Å²) in [7, 11) is -3.43. The molecule has 0 bridgehead atoms. The Morgan fingerprint density at radius 2 is 1.30 bits per heavy atom. The highest BCUT2D eigenvalue weighted by atomic mass is 32.2. The third-order valence-corrected chi connectivity index (χ3v) is 8.19. The Morgan fingerprint density at radius 3 is 1.82 bits per heavy atom. The first-order valence-corrected chi connectivity index (χ1v) is 12.8. The minimum absolute atomic E-state index is 0.368. The fourth-order valence-electron chi connectivity index (χ4n) is 4.12. The molecule has 4 rings (SSSR count). The van der Waals surface area contributed by atoms with Crippen LogP contribution in [0, 0.1) is 6.92 Å². The van der Waals surface area contributed by atoms with E-state index < -0.39 is 15.6 Å². The van der Waals surface area contributed by atoms with Crippen molar-refractivity contribution >= 4 is 10.0 Å². The summed E-state index contributed by atoms with van der Waals surface area (Å²) in [6, 6.07) is 23.6. The van der Waals surface area contributed by atoms with Crippen molar-refractivity contribution in [1.82, 2.24) is 9.21 Å². The van der Waals surface area contributed by atoms with E-state index in [9.17, 15) is 13.5 Å². The van der Waals surface area contributed by atoms with Gasteiger partial charge in [0.25, 0.3) is 0 Å². The van der Waals surface area contributed by atoms with Crippen LogP contribution in [0.15, 0.2) is 77.7 Å². The Hall–Kier alpha value is -2.51. The molecule has 0 radical (unpaired) electrons. The second kappa shape index (κ2) is 9.39. The van der Waals surface area contributed by atoms with Gasteiger partial charge in [0.1, 0.15) is 0 Å². The molecule has 1 fully saturated rings. The summed E-state index contributed by atoms with van der Waals surface area (Å²) in [6.07, 6.45) is 0. The average molecular weight is 465 g/mol. The summed E-state index contributed by atoms with van der Waals surface area (Å²) in [4.78, 5) is 2.67. The number of hydrogen-bond acceptors (Lipinski definition) is 4. The number of aryl methyl sites for hydroxylation is 1. The van der Waals surface area contributed by atoms with Crippen LogP contribution in [0.25, 0.3) is 11.1 Å². The first kappa shape index (κ1) is 23.6. The van der Waals surface area contributed by atoms with Crippen molar-refractivity contribution in [1.29, 1.82) is 0 Å². The lowest BCUT2D eigenvalue weighted by molar-refractivity contribution is 0.0786. The van der Waals surface area contributed by atoms with E-state index in [0.29, 0.717) is 31.1 Å². The molecule has 3 aromatic rings. The van der Waals surface area contributed by atoms with Gasteiger partial charge in [-0.05, 0) is 55.2 Å². The maximum atomic E-state index is 12.9. The summed E-state index contributed by atoms with van der Waals surface area (Å²) in [5.74, 6) is 0. The van der Waals surface area contributed by atoms with E-state index in [2.05, 4.69) is 29.2 Å². The molecule has 0 saturated carbocycles. The predicted molar refractivity (Wildman–Crippen MR) is 132 cm³/mol. The Labute approximate surface area is 197 Å². The van der Waals surface area contributed by atoms with E-state index in [4.69, 9.17) is 0 Å². The normalized spacial score (nSPS) is 16.1. The third kappa shape index (κ3) is 5.53. The molecule has 0 unspecified atom stereocenters. The first-order valence-electron chi connectivity index (χ1n) is 11.3. The Kier molecular flexibility index (Phi) is 6.73. The molecule has 3 aromatic carbocycles. The molecule has 1 N–H and O–H groups in total. The zero-order chi connectivity index (χ0) is 23.6. The van der Waals surface area contributed by atoms with Crippen molar-refractivity contribution in [2.45, 2.75) is 37.8 Å². The predicted octanol–water partition coefficient (Wildman–Crippen LogP) is 4.40. The first-order chi connectivity index (χ1) is 15.6. The molecule has 0 atom stereocenters. The van der Waals surface area contributed by atoms with Gasteiger partial charge in [-0.3, -0.25) is 4.90 Å². The van der Waals surface area contributed by atoms with Crippen LogP contribution in [0.3, 0.4) is 0 Å². The van der Waals surface area contributed by atoms with Crippen molar-refractivity contribution in [3.8, 4) is 11.1 Å². The summed E-state index contributed by atoms with van der Waals surface area (Å²) in [6.45, 7) is 8.76. The summed E-state index contributed by atoms with van der Waals surface area (Å²) in [5.41, 5.74) is 4.56. The quantitative estimate of drug-likeness (QED) is 0.588. The minimum Gasteiger partial charge on any atom is -0.386 e. The fourth-order valence-corrected chi connectivity index (χ4v) is 5.54. The highest BCUT2D eigenvalue weighted by Gasteiger charge is 2.28. The van der Waals surface area contributed by atoms with E-state index in [1.807, 2.05) is 43.3 Å². The van der Waals surface area contributed by atoms with Gasteiger partial charge in [0, 0.05) is 32.7 Å². The van der Waals surface area contributed by atoms with E-state index in [1.54, 1.807) is 30.3 Å². The van der Waals surface area contributed by atoms with E-state index in [0.717, 1.165) is 28.8 Å². The van der Waals surface area contributed by atoms with Crippen molar-refractivity contribution in [2.75, 3.05) is 26.2 Å². The molecular weight excluding hydrogens is 432 g/mol. The number of sulfonamides is 1. The van der Waals surface area contributed by atoms with Crippen LogP contribution in [0.2, 0.25) is 0 Å². The average Bonchev–Trinajstić information content (AvgIpc) is 2.80. The van der Waals surface area contributed by atoms with Gasteiger partial charge in [0.05, 0.1) is 10.5 Å². The maximum Gasteiger partial charge on any atom is 0.243 e. The second-order valence-corrected chi connectivity index (χ2v) is 11.3. The van der Waals surface area contributed by atoms with Gasteiger partial charge in [-0.1, -0.05) is 66.2 Å². The number of aliphatic hydroxyl groups is 1. The van der Waals surface area contributed by atoms with Crippen LogP contribution < -0.4 is 0 Å². The minimum atomic E-state index is -3.43. The Morgan fingerprint density at radius 1 is 0.788 bits per heavy atom. The summed E-state index contributed by atoms with van der Waals surface area (Å²) >= 11 is 0. The zero-order valence-corrected chi connectivity index (χ0v) is 20.3. The number of nitrogens with zero attached hydrogens (tertiary/aromatic N) is 2. The summed E-state index contributed by atoms with van der Waals surface area (Å²) in [5, 5.41) is 10.1. The molecular formula is C27H32N2O3S. The molecule has 1 heterocycles. The van der Waals surface area contributed by atoms with E-state index in [-0.39, 0.29) is 0 Å². The third-order valence-electron chi connectivity index (χ3n) is 6.27. The van der Waals surface area contributed by atoms with Crippen LogP contribution in [-0.2, 0) is 22.2 Å². The lowest BCUT2D eigenvalue weighted by Crippen LogP contribution is -2.48. The highest BCUT2D eigenvalue weighted by Crippen LogP contribution is 2.25. The van der Waals surface area contributed by atoms with E-state index in [1.165, 1.54) is 5.56 Å². The SMILES string of the molecule is Cc1ccc(S(=O)(=O)N2CCN(Cc3ccc(-c4ccc(C(C)(C)O)cc4)cc3)CC2)cc1. The summed E-state index contributed by atoms with van der Waals surface area (Å²) < 4.78 is 27.4. The molecule has 0 aromatic heterocycles. The molecule has 1 saturated heterocycles. The molecule has 174 valence electrons. The molecule has 5 nitrogen and oxygen atoms in total. The van der Waals surface area contributed by atoms with Crippen LogP contribution in [-0.4, -0.2) is 48.9 Å². The number of hydrogen-bond donors (Lipinski definition) is 1. The Bertz CT molecular complexity index is 1170. The van der Waals surface area contributed by atoms with Crippen molar-refractivity contribution < 1.29 is 13.5 Å². The largest absolute Gasteiger partial charge is 0.386 e. The molecule has 1 aliphatic heterocycles. The standard InChI is InChI=1S/C27H32N2O3S/c1-21-4-14-26(15-5-21)33(31,32)29-18-16-28(17-19-29)20-22-6-8-23(9-7-22)24-10-12-25(13-11-24)27(2,3)30/h4-15,30H,16-20H2,1-3H3. The number of piperazine rings is 1. The van der Waals surface area contributed by atoms with Crippen molar-refractivity contribution in [3.05, 3.63) is 89.5 Å². The van der Waals surface area contributed by atoms with Gasteiger partial charge in [-0.15, -0.1) is 0 Å². The molecule has 0 aliphatic carbocycles. The monoisotopic (exact) mass is 464 g/mol. The zero-order valence-electron chi connectivity index (χ0n) is 19.5. The molecule has 0 spiro atoms. The molecule has 0 amide bonds. The van der Waals surface area contributed by atoms with Gasteiger partial charge >= 0.3 is 0 Å². The molecule has 33 heavy (non-hydrogen) atoms. The smallest absolute Gasteiger partial charge is 0.243 e. The van der Waals surface area contributed by atoms with Gasteiger partial charge < -0.3 is 5.11 Å². The van der Waals surface area contributed by atoms with Gasteiger partial charge in [-0.25, -0.2) is 8.42 Å². The Balaban J connectivity index is 1.35. The van der Waals surface area contributed by atoms with Gasteiger partial charge in [0.2, 0.25) is 10.0 Å². The second-order valence-electron chi connectivity index (χ2n) is 9.33. The van der Waals surface area contributed by atoms with Crippen LogP contribution in [0.4, 0.5) is 0 Å². The topological polar surface area (TPSA) is 60.9 Å². The van der Waals surface area contributed by atoms with Crippen LogP contribution in [0.1, 0.15) is 30.5 Å². The van der Waals surface area contributed by atoms with Gasteiger partial charge in [0.15, 0.2) is 0 Å². The van der Waals surface area contributed by atoms with E-state index >= 15 is 0 Å². The lowest BCUT2D eigenvalue weighted by Gasteiger charge is -2.34. The number of rotatable bonds is 6. The maximum absolute atomic E-state index is 12.9.